The molecule has 0 radical (unpaired) electrons. The zero-order valence-electron chi connectivity index (χ0n) is 19.3. The molecule has 1 spiro atoms. The fourth-order valence-electron chi connectivity index (χ4n) is 4.08. The molecule has 1 aromatic heterocycles. The third kappa shape index (κ3) is 4.85. The highest BCUT2D eigenvalue weighted by Crippen LogP contribution is 2.36. The molecule has 0 saturated carbocycles. The molecular formula is C26H31N3O3. The second kappa shape index (κ2) is 8.77. The van der Waals surface area contributed by atoms with Crippen LogP contribution in [-0.2, 0) is 10.3 Å². The number of piperidine rings is 1. The van der Waals surface area contributed by atoms with Gasteiger partial charge in [0, 0.05) is 73.1 Å². The van der Waals surface area contributed by atoms with E-state index in [0.717, 1.165) is 55.1 Å². The number of carbonyl (C=O) groups is 1. The van der Waals surface area contributed by atoms with Crippen LogP contribution in [0.3, 0.4) is 0 Å². The van der Waals surface area contributed by atoms with E-state index in [0.29, 0.717) is 5.56 Å². The van der Waals surface area contributed by atoms with Gasteiger partial charge < -0.3 is 14.5 Å². The number of hydrogen-bond donors (Lipinski definition) is 0. The molecule has 6 nitrogen and oxygen atoms in total. The Balaban J connectivity index is 1.31. The summed E-state index contributed by atoms with van der Waals surface area (Å²) >= 11 is 0. The summed E-state index contributed by atoms with van der Waals surface area (Å²) in [4.78, 5) is 25.1. The first kappa shape index (κ1) is 22.1. The van der Waals surface area contributed by atoms with Crippen molar-refractivity contribution in [3.05, 3.63) is 71.7 Å². The second-order valence-electron chi connectivity index (χ2n) is 9.62. The van der Waals surface area contributed by atoms with E-state index in [1.807, 2.05) is 42.6 Å². The maximum Gasteiger partial charge on any atom is 0.188 e. The highest BCUT2D eigenvalue weighted by atomic mass is 16.7. The Hall–Kier alpha value is -3.15. The Morgan fingerprint density at radius 2 is 1.97 bits per heavy atom. The van der Waals surface area contributed by atoms with Gasteiger partial charge in [0.15, 0.2) is 5.78 Å². The predicted molar refractivity (Wildman–Crippen MR) is 125 cm³/mol. The molecule has 0 bridgehead atoms. The molecule has 3 heterocycles. The van der Waals surface area contributed by atoms with Crippen LogP contribution >= 0.6 is 0 Å². The van der Waals surface area contributed by atoms with Crippen molar-refractivity contribution in [3.8, 4) is 5.75 Å². The molecule has 4 rings (SSSR count). The largest absolute Gasteiger partial charge is 0.497 e. The van der Waals surface area contributed by atoms with Gasteiger partial charge in [0.2, 0.25) is 0 Å². The summed E-state index contributed by atoms with van der Waals surface area (Å²) in [5, 5.41) is 4.38. The lowest BCUT2D eigenvalue weighted by atomic mass is 9.85. The standard InChI is InChI=1S/C26H31N3O3/c1-25(2,3)24-9-8-20(18-27-24)23(30)10-13-29-14-11-26(12-15-29)17-22(28-32-26)19-6-5-7-21(16-19)31-4/h5-10,13,16,18H,11-12,14-15,17H2,1-4H3. The summed E-state index contributed by atoms with van der Waals surface area (Å²) in [6.07, 6.45) is 7.73. The minimum Gasteiger partial charge on any atom is -0.497 e. The van der Waals surface area contributed by atoms with E-state index in [-0.39, 0.29) is 16.8 Å². The SMILES string of the molecule is COc1cccc(C2=NOC3(CCN(C=CC(=O)c4ccc(C(C)(C)C)nc4)CC3)C2)c1. The van der Waals surface area contributed by atoms with E-state index < -0.39 is 0 Å². The van der Waals surface area contributed by atoms with Gasteiger partial charge in [-0.3, -0.25) is 9.78 Å². The van der Waals surface area contributed by atoms with Crippen LogP contribution in [0, 0.1) is 0 Å². The van der Waals surface area contributed by atoms with Gasteiger partial charge >= 0.3 is 0 Å². The fraction of sp³-hybridized carbons (Fsp3) is 0.423. The molecule has 0 N–H and O–H groups in total. The van der Waals surface area contributed by atoms with Crippen molar-refractivity contribution in [2.24, 2.45) is 5.16 Å². The molecule has 0 amide bonds. The van der Waals surface area contributed by atoms with Crippen molar-refractivity contribution in [1.82, 2.24) is 9.88 Å². The molecular weight excluding hydrogens is 402 g/mol. The first-order valence-corrected chi connectivity index (χ1v) is 11.1. The summed E-state index contributed by atoms with van der Waals surface area (Å²) in [5.74, 6) is 0.790. The first-order chi connectivity index (χ1) is 15.3. The lowest BCUT2D eigenvalue weighted by molar-refractivity contribution is -0.0550. The second-order valence-corrected chi connectivity index (χ2v) is 9.62. The highest BCUT2D eigenvalue weighted by Gasteiger charge is 2.42. The summed E-state index contributed by atoms with van der Waals surface area (Å²) in [5.41, 5.74) is 3.32. The monoisotopic (exact) mass is 433 g/mol. The van der Waals surface area contributed by atoms with Gasteiger partial charge in [-0.15, -0.1) is 0 Å². The summed E-state index contributed by atoms with van der Waals surface area (Å²) < 4.78 is 5.32. The molecule has 32 heavy (non-hydrogen) atoms. The van der Waals surface area contributed by atoms with Gasteiger partial charge in [0.1, 0.15) is 11.4 Å². The molecule has 0 unspecified atom stereocenters. The van der Waals surface area contributed by atoms with Gasteiger partial charge in [-0.05, 0) is 24.3 Å². The van der Waals surface area contributed by atoms with E-state index in [9.17, 15) is 4.79 Å². The number of oxime groups is 1. The van der Waals surface area contributed by atoms with E-state index >= 15 is 0 Å². The van der Waals surface area contributed by atoms with Crippen LogP contribution in [0.4, 0.5) is 0 Å². The third-order valence-corrected chi connectivity index (χ3v) is 6.20. The van der Waals surface area contributed by atoms with Crippen LogP contribution in [0.1, 0.15) is 61.6 Å². The number of ether oxygens (including phenoxy) is 1. The van der Waals surface area contributed by atoms with Gasteiger partial charge in [-0.1, -0.05) is 38.1 Å². The Labute approximate surface area is 189 Å². The summed E-state index contributed by atoms with van der Waals surface area (Å²) in [7, 11) is 1.67. The van der Waals surface area contributed by atoms with Crippen LogP contribution in [-0.4, -0.2) is 47.2 Å². The maximum atomic E-state index is 12.5. The van der Waals surface area contributed by atoms with Crippen LogP contribution in [0.25, 0.3) is 0 Å². The number of rotatable bonds is 5. The number of aromatic nitrogens is 1. The van der Waals surface area contributed by atoms with Crippen LogP contribution in [0.2, 0.25) is 0 Å². The average molecular weight is 434 g/mol. The topological polar surface area (TPSA) is 64.0 Å². The third-order valence-electron chi connectivity index (χ3n) is 6.20. The van der Waals surface area contributed by atoms with E-state index in [2.05, 4.69) is 35.8 Å². The molecule has 1 aromatic carbocycles. The quantitative estimate of drug-likeness (QED) is 0.503. The van der Waals surface area contributed by atoms with Gasteiger partial charge in [0.25, 0.3) is 0 Å². The number of allylic oxidation sites excluding steroid dienone is 1. The molecule has 6 heteroatoms. The van der Waals surface area contributed by atoms with Gasteiger partial charge in [-0.2, -0.15) is 0 Å². The van der Waals surface area contributed by atoms with E-state index in [1.165, 1.54) is 0 Å². The van der Waals surface area contributed by atoms with Crippen molar-refractivity contribution in [2.45, 2.75) is 51.0 Å². The van der Waals surface area contributed by atoms with Crippen LogP contribution in [0.15, 0.2) is 60.0 Å². The molecule has 0 atom stereocenters. The van der Waals surface area contributed by atoms with Crippen molar-refractivity contribution in [2.75, 3.05) is 20.2 Å². The minimum absolute atomic E-state index is 0.0281. The Morgan fingerprint density at radius 1 is 1.19 bits per heavy atom. The Kier molecular flexibility index (Phi) is 6.04. The highest BCUT2D eigenvalue weighted by molar-refractivity contribution is 6.04. The zero-order valence-corrected chi connectivity index (χ0v) is 19.3. The normalized spacial score (nSPS) is 18.0. The summed E-state index contributed by atoms with van der Waals surface area (Å²) in [6.45, 7) is 7.98. The van der Waals surface area contributed by atoms with E-state index in [4.69, 9.17) is 9.57 Å². The Bertz CT molecular complexity index is 1030. The number of pyridine rings is 1. The summed E-state index contributed by atoms with van der Waals surface area (Å²) in [6, 6.07) is 11.7. The van der Waals surface area contributed by atoms with Crippen LogP contribution < -0.4 is 4.74 Å². The zero-order chi connectivity index (χ0) is 22.8. The van der Waals surface area contributed by atoms with Crippen molar-refractivity contribution < 1.29 is 14.4 Å². The molecule has 2 aromatic rings. The van der Waals surface area contributed by atoms with Crippen molar-refractivity contribution >= 4 is 11.5 Å². The number of likely N-dealkylation sites (tertiary alicyclic amines) is 1. The molecule has 2 aliphatic heterocycles. The van der Waals surface area contributed by atoms with Crippen molar-refractivity contribution in [1.29, 1.82) is 0 Å². The van der Waals surface area contributed by atoms with Crippen molar-refractivity contribution in [3.63, 3.8) is 0 Å². The number of benzene rings is 1. The van der Waals surface area contributed by atoms with E-state index in [1.54, 1.807) is 19.4 Å². The fourth-order valence-corrected chi connectivity index (χ4v) is 4.08. The number of ketones is 1. The van der Waals surface area contributed by atoms with Gasteiger partial charge in [-0.25, -0.2) is 0 Å². The number of carbonyl (C=O) groups excluding carboxylic acids is 1. The first-order valence-electron chi connectivity index (χ1n) is 11.1. The molecule has 2 aliphatic rings. The molecule has 1 saturated heterocycles. The lowest BCUT2D eigenvalue weighted by Gasteiger charge is -2.36. The maximum absolute atomic E-state index is 12.5. The number of hydrogen-bond acceptors (Lipinski definition) is 6. The lowest BCUT2D eigenvalue weighted by Crippen LogP contribution is -2.42. The average Bonchev–Trinajstić information content (AvgIpc) is 3.22. The smallest absolute Gasteiger partial charge is 0.188 e. The predicted octanol–water partition coefficient (Wildman–Crippen LogP) is 4.74. The molecule has 168 valence electrons. The van der Waals surface area contributed by atoms with Gasteiger partial charge in [0.05, 0.1) is 12.8 Å². The molecule has 1 fully saturated rings. The number of nitrogens with zero attached hydrogens (tertiary/aromatic N) is 3. The Morgan fingerprint density at radius 3 is 2.62 bits per heavy atom. The molecule has 0 aliphatic carbocycles. The van der Waals surface area contributed by atoms with Crippen LogP contribution in [0.5, 0.6) is 5.75 Å². The minimum atomic E-state index is -0.251. The number of methoxy groups -OCH3 is 1.